The number of rotatable bonds is 21. The molecule has 8 N–H and O–H groups in total. The number of fused-ring (bicyclic) bond motifs is 1. The fraction of sp³-hybridized carbons (Fsp3) is 0.556. The van der Waals surface area contributed by atoms with Crippen molar-refractivity contribution in [1.82, 2.24) is 39.0 Å². The number of aliphatic hydroxyl groups is 1. The Labute approximate surface area is 373 Å². The number of carbonyl (C=O) groups excluding carboxylic acids is 2. The van der Waals surface area contributed by atoms with E-state index in [1.165, 1.54) is 46.4 Å². The van der Waals surface area contributed by atoms with Crippen LogP contribution in [0.3, 0.4) is 0 Å². The second kappa shape index (κ2) is 20.6. The Hall–Kier alpha value is -4.44. The Kier molecular flexibility index (Phi) is 15.4. The van der Waals surface area contributed by atoms with Gasteiger partial charge in [0.05, 0.1) is 36.8 Å². The van der Waals surface area contributed by atoms with Crippen LogP contribution in [0.1, 0.15) is 43.8 Å². The molecule has 1 amide bonds. The Morgan fingerprint density at radius 3 is 2.54 bits per heavy atom. The van der Waals surface area contributed by atoms with E-state index in [4.69, 9.17) is 44.2 Å². The summed E-state index contributed by atoms with van der Waals surface area (Å²) in [6.45, 7) is 1.41. The molecule has 3 fully saturated rings. The van der Waals surface area contributed by atoms with Gasteiger partial charge in [0.25, 0.3) is 0 Å². The Morgan fingerprint density at radius 1 is 1.08 bits per heavy atom. The summed E-state index contributed by atoms with van der Waals surface area (Å²) in [6, 6.07) is 0.201. The Bertz CT molecular complexity index is 2470. The summed E-state index contributed by atoms with van der Waals surface area (Å²) in [4.78, 5) is 93.0. The lowest BCUT2D eigenvalue weighted by Gasteiger charge is -2.30. The molecule has 3 aliphatic rings. The van der Waals surface area contributed by atoms with E-state index in [2.05, 4.69) is 31.5 Å². The monoisotopic (exact) mass is 970 g/mol. The van der Waals surface area contributed by atoms with Gasteiger partial charge in [-0.2, -0.15) is 4.98 Å². The van der Waals surface area contributed by atoms with E-state index in [-0.39, 0.29) is 48.2 Å². The van der Waals surface area contributed by atoms with Gasteiger partial charge in [-0.05, 0) is 18.9 Å². The maximum atomic E-state index is 14.7. The normalized spacial score (nSPS) is 27.2. The number of ether oxygens (including phenoxy) is 5. The largest absolute Gasteiger partial charge is 0.469 e. The maximum Gasteiger partial charge on any atom is 0.469 e. The number of aromatic nitrogens is 7. The Morgan fingerprint density at radius 2 is 1.85 bits per heavy atom. The molecule has 0 aromatic carbocycles. The van der Waals surface area contributed by atoms with E-state index < -0.39 is 108 Å². The van der Waals surface area contributed by atoms with Crippen LogP contribution in [0, 0.1) is 0 Å². The molecule has 7 heterocycles. The van der Waals surface area contributed by atoms with Gasteiger partial charge < -0.3 is 64.4 Å². The second-order valence-electron chi connectivity index (χ2n) is 15.2. The quantitative estimate of drug-likeness (QED) is 0.0474. The molecule has 29 heteroatoms. The van der Waals surface area contributed by atoms with E-state index in [0.717, 1.165) is 10.9 Å². The molecule has 26 nitrogen and oxygen atoms in total. The highest BCUT2D eigenvalue weighted by Crippen LogP contribution is 2.58. The van der Waals surface area contributed by atoms with Crippen LogP contribution in [0.5, 0.6) is 0 Å². The number of carbonyl (C=O) groups is 2. The van der Waals surface area contributed by atoms with E-state index in [0.29, 0.717) is 25.0 Å². The number of hydrogen-bond acceptors (Lipinski definition) is 21. The van der Waals surface area contributed by atoms with Crippen molar-refractivity contribution in [3.63, 3.8) is 0 Å². The minimum Gasteiger partial charge on any atom is -0.386 e. The van der Waals surface area contributed by atoms with Gasteiger partial charge in [-0.25, -0.2) is 29.3 Å². The molecule has 7 rings (SSSR count). The van der Waals surface area contributed by atoms with Gasteiger partial charge in [-0.15, -0.1) is 17.9 Å². The van der Waals surface area contributed by atoms with Crippen molar-refractivity contribution in [3.05, 3.63) is 64.6 Å². The highest BCUT2D eigenvalue weighted by molar-refractivity contribution is 7.53. The van der Waals surface area contributed by atoms with Crippen LogP contribution in [0.2, 0.25) is 0 Å². The zero-order valence-corrected chi connectivity index (χ0v) is 37.2. The molecule has 2 unspecified atom stereocenters. The van der Waals surface area contributed by atoms with Crippen LogP contribution in [0.4, 0.5) is 11.6 Å². The van der Waals surface area contributed by atoms with Gasteiger partial charge in [0, 0.05) is 44.5 Å². The number of likely N-dealkylation sites (N-methyl/N-ethyl adjacent to an activating group) is 1. The number of hydrogen-bond donors (Lipinski definition) is 6. The van der Waals surface area contributed by atoms with Crippen LogP contribution >= 0.6 is 26.8 Å². The topological polar surface area (TPSA) is 360 Å². The number of thiazole rings is 1. The van der Waals surface area contributed by atoms with Gasteiger partial charge in [0.15, 0.2) is 36.0 Å². The predicted octanol–water partition coefficient (Wildman–Crippen LogP) is 0.0516. The molecule has 4 aromatic heterocycles. The summed E-state index contributed by atoms with van der Waals surface area (Å²) in [5.41, 5.74) is 11.3. The number of ketones is 1. The fourth-order valence-corrected chi connectivity index (χ4v) is 10.3. The Balaban J connectivity index is 1.18. The number of phosphoric ester groups is 1. The third-order valence-corrected chi connectivity index (χ3v) is 13.9. The summed E-state index contributed by atoms with van der Waals surface area (Å²) < 4.78 is 69.5. The molecule has 0 spiro atoms. The lowest BCUT2D eigenvalue weighted by molar-refractivity contribution is -0.170. The zero-order valence-electron chi connectivity index (χ0n) is 34.6. The molecule has 0 aliphatic carbocycles. The average molecular weight is 971 g/mol. The van der Waals surface area contributed by atoms with Crippen LogP contribution in [-0.4, -0.2) is 152 Å². The van der Waals surface area contributed by atoms with Crippen molar-refractivity contribution in [3.8, 4) is 0 Å². The van der Waals surface area contributed by atoms with Crippen LogP contribution in [0.15, 0.2) is 53.3 Å². The number of aliphatic hydroxyl groups excluding tert-OH is 1. The van der Waals surface area contributed by atoms with Gasteiger partial charge in [-0.3, -0.25) is 27.8 Å². The first kappa shape index (κ1) is 48.5. The number of nitrogens with two attached hydrogens (primary N) is 2. The fourth-order valence-electron chi connectivity index (χ4n) is 7.71. The minimum atomic E-state index is -5.21. The summed E-state index contributed by atoms with van der Waals surface area (Å²) >= 11 is 1.30. The molecule has 4 aromatic rings. The molecule has 0 saturated carbocycles. The number of imidazole rings is 1. The van der Waals surface area contributed by atoms with Gasteiger partial charge in [-0.1, -0.05) is 6.08 Å². The number of allylic oxidation sites excluding steroid dienone is 1. The van der Waals surface area contributed by atoms with Crippen LogP contribution in [-0.2, 0) is 57.9 Å². The van der Waals surface area contributed by atoms with Crippen LogP contribution < -0.4 is 17.2 Å². The van der Waals surface area contributed by atoms with Crippen molar-refractivity contribution < 1.29 is 71.2 Å². The summed E-state index contributed by atoms with van der Waals surface area (Å²) in [5.74, 6) is -1.05. The first-order chi connectivity index (χ1) is 31.0. The maximum absolute atomic E-state index is 14.7. The molecule has 11 atom stereocenters. The SMILES string of the molecule is C=CCCC(=O)N(C)[C@@H](Cc1cscn1)C(=O)CO[C@H]1[C@@H](O)[C@H](n2cnc3c(N)ncnc32)O[C@@H]1COP(=O)(O)[C@H]1[C@@H](OC2CCCO2)[C@H](n2ccc(N)nc2=O)O[C@@H]1COP(=O)(O)O. The van der Waals surface area contributed by atoms with Crippen molar-refractivity contribution in [2.45, 2.75) is 93.1 Å². The number of amides is 1. The molecule has 3 aliphatic heterocycles. The van der Waals surface area contributed by atoms with Crippen LogP contribution in [0.25, 0.3) is 11.2 Å². The molecule has 0 radical (unpaired) electrons. The standard InChI is InChI=1S/C36H48N10O16P2S/c1-3-4-6-25(48)44(2)20(11-19-15-65-18-42-19)21(47)12-57-29-22(60-34(28(29)49)46-17-41-27-32(38)39-16-40-33(27)46)13-58-63(51,52)31-23(14-59-64(53,54)55)61-35(30(31)62-26-7-5-10-56-26)45-9-8-24(37)43-36(45)50/h3,8-9,15-18,20,22-23,26,28-31,34-35,49H,1,4-7,10-14H2,2H3,(H,51,52)(H2,37,43,50)(H2,38,39,40)(H2,53,54,55)/t20-,22+,23+,26?,28+,29+,30+,31+,34+,35+/m0/s1. The highest BCUT2D eigenvalue weighted by Gasteiger charge is 2.58. The zero-order chi connectivity index (χ0) is 46.6. The number of anilines is 2. The first-order valence-corrected chi connectivity index (χ1v) is 24.2. The van der Waals surface area contributed by atoms with Crippen molar-refractivity contribution in [2.24, 2.45) is 0 Å². The highest BCUT2D eigenvalue weighted by atomic mass is 32.1. The van der Waals surface area contributed by atoms with Gasteiger partial charge in [0.2, 0.25) is 5.91 Å². The van der Waals surface area contributed by atoms with E-state index in [1.807, 2.05) is 0 Å². The summed E-state index contributed by atoms with van der Waals surface area (Å²) in [5, 5.41) is 13.6. The predicted molar refractivity (Wildman–Crippen MR) is 224 cm³/mol. The van der Waals surface area contributed by atoms with Crippen molar-refractivity contribution >= 4 is 61.2 Å². The van der Waals surface area contributed by atoms with E-state index in [9.17, 15) is 43.3 Å². The number of nitrogen functional groups attached to an aromatic ring is 2. The number of phosphoric acid groups is 1. The van der Waals surface area contributed by atoms with Crippen molar-refractivity contribution in [1.29, 1.82) is 0 Å². The molecule has 65 heavy (non-hydrogen) atoms. The minimum absolute atomic E-state index is 0.0183. The number of nitrogens with zero attached hydrogens (tertiary/aromatic N) is 8. The first-order valence-electron chi connectivity index (χ1n) is 20.0. The van der Waals surface area contributed by atoms with Gasteiger partial charge >= 0.3 is 21.1 Å². The summed E-state index contributed by atoms with van der Waals surface area (Å²) in [7, 11) is -8.95. The average Bonchev–Trinajstić information content (AvgIpc) is 4.12. The lowest BCUT2D eigenvalue weighted by atomic mass is 10.0. The smallest absolute Gasteiger partial charge is 0.386 e. The molecular formula is C36H48N10O16P2S. The molecular weight excluding hydrogens is 922 g/mol. The third-order valence-electron chi connectivity index (χ3n) is 10.9. The third kappa shape index (κ3) is 11.2. The van der Waals surface area contributed by atoms with Gasteiger partial charge in [0.1, 0.15) is 60.4 Å². The molecule has 3 saturated heterocycles. The van der Waals surface area contributed by atoms with E-state index in [1.54, 1.807) is 17.0 Å². The van der Waals surface area contributed by atoms with E-state index >= 15 is 0 Å². The summed E-state index contributed by atoms with van der Waals surface area (Å²) in [6.07, 6.45) is -5.17. The lowest BCUT2D eigenvalue weighted by Crippen LogP contribution is -2.47. The molecule has 0 bridgehead atoms. The second-order valence-corrected chi connectivity index (χ2v) is 19.1. The van der Waals surface area contributed by atoms with Crippen molar-refractivity contribution in [2.75, 3.05) is 44.9 Å². The number of Topliss-reactive ketones (excluding diaryl/α,β-unsaturated/α-hetero) is 1. The molecule has 354 valence electrons.